The topological polar surface area (TPSA) is 46.6 Å². The standard InChI is InChI=1S/C15H27N3O2S/c1-4-7-16-10-14-13(11-20-3)17-15(21-14)18(8-9-19-2)12-5-6-12/h12,16H,4-11H2,1-3H3. The molecule has 0 radical (unpaired) electrons. The van der Waals surface area contributed by atoms with Gasteiger partial charge in [-0.25, -0.2) is 4.98 Å². The number of anilines is 1. The molecule has 1 aromatic heterocycles. The summed E-state index contributed by atoms with van der Waals surface area (Å²) in [6, 6.07) is 0.651. The van der Waals surface area contributed by atoms with Crippen LogP contribution in [-0.2, 0) is 22.6 Å². The van der Waals surface area contributed by atoms with E-state index in [2.05, 4.69) is 17.1 Å². The second-order valence-electron chi connectivity index (χ2n) is 5.39. The highest BCUT2D eigenvalue weighted by atomic mass is 32.1. The van der Waals surface area contributed by atoms with E-state index in [0.717, 1.165) is 43.5 Å². The number of nitrogens with zero attached hydrogens (tertiary/aromatic N) is 2. The summed E-state index contributed by atoms with van der Waals surface area (Å²) in [5.74, 6) is 0. The normalized spacial score (nSPS) is 14.6. The van der Waals surface area contributed by atoms with Crippen LogP contribution in [0.2, 0.25) is 0 Å². The largest absolute Gasteiger partial charge is 0.383 e. The average Bonchev–Trinajstić information content (AvgIpc) is 3.24. The van der Waals surface area contributed by atoms with E-state index in [9.17, 15) is 0 Å². The first-order chi connectivity index (χ1) is 10.3. The molecule has 1 aliphatic rings. The Balaban J connectivity index is 2.07. The van der Waals surface area contributed by atoms with E-state index in [-0.39, 0.29) is 0 Å². The highest BCUT2D eigenvalue weighted by Gasteiger charge is 2.31. The second-order valence-corrected chi connectivity index (χ2v) is 6.46. The van der Waals surface area contributed by atoms with Gasteiger partial charge in [0.1, 0.15) is 0 Å². The Labute approximate surface area is 131 Å². The van der Waals surface area contributed by atoms with Crippen LogP contribution in [0.15, 0.2) is 0 Å². The van der Waals surface area contributed by atoms with E-state index < -0.39 is 0 Å². The smallest absolute Gasteiger partial charge is 0.186 e. The highest BCUT2D eigenvalue weighted by Crippen LogP contribution is 2.35. The number of rotatable bonds is 11. The Morgan fingerprint density at radius 2 is 2.14 bits per heavy atom. The summed E-state index contributed by atoms with van der Waals surface area (Å²) in [4.78, 5) is 8.51. The summed E-state index contributed by atoms with van der Waals surface area (Å²) in [7, 11) is 3.48. The van der Waals surface area contributed by atoms with Crippen LogP contribution in [0.1, 0.15) is 36.8 Å². The van der Waals surface area contributed by atoms with Crippen LogP contribution in [-0.4, -0.2) is 44.9 Å². The van der Waals surface area contributed by atoms with Crippen molar-refractivity contribution >= 4 is 16.5 Å². The lowest BCUT2D eigenvalue weighted by atomic mass is 10.3. The fourth-order valence-corrected chi connectivity index (χ4v) is 3.40. The first kappa shape index (κ1) is 16.7. The summed E-state index contributed by atoms with van der Waals surface area (Å²) in [6.07, 6.45) is 3.69. The Hall–Kier alpha value is -0.690. The monoisotopic (exact) mass is 313 g/mol. The fraction of sp³-hybridized carbons (Fsp3) is 0.800. The number of hydrogen-bond acceptors (Lipinski definition) is 6. The van der Waals surface area contributed by atoms with Gasteiger partial charge < -0.3 is 19.7 Å². The molecule has 0 unspecified atom stereocenters. The van der Waals surface area contributed by atoms with Crippen LogP contribution < -0.4 is 10.2 Å². The first-order valence-electron chi connectivity index (χ1n) is 7.74. The summed E-state index contributed by atoms with van der Waals surface area (Å²) < 4.78 is 10.5. The summed E-state index contributed by atoms with van der Waals surface area (Å²) >= 11 is 1.79. The van der Waals surface area contributed by atoms with Gasteiger partial charge in [-0.2, -0.15) is 0 Å². The Morgan fingerprint density at radius 3 is 2.76 bits per heavy atom. The number of aromatic nitrogens is 1. The van der Waals surface area contributed by atoms with Crippen LogP contribution in [0.3, 0.4) is 0 Å². The molecular formula is C15H27N3O2S. The molecule has 120 valence electrons. The maximum absolute atomic E-state index is 5.30. The maximum atomic E-state index is 5.30. The van der Waals surface area contributed by atoms with Crippen molar-refractivity contribution in [2.75, 3.05) is 38.8 Å². The Bertz CT molecular complexity index is 421. The van der Waals surface area contributed by atoms with Gasteiger partial charge in [0.05, 0.1) is 18.9 Å². The van der Waals surface area contributed by atoms with E-state index in [0.29, 0.717) is 12.6 Å². The van der Waals surface area contributed by atoms with Crippen molar-refractivity contribution in [1.82, 2.24) is 10.3 Å². The molecule has 6 heteroatoms. The predicted molar refractivity (Wildman–Crippen MR) is 87.1 cm³/mol. The minimum atomic E-state index is 0.586. The molecule has 1 aromatic rings. The molecule has 0 amide bonds. The lowest BCUT2D eigenvalue weighted by molar-refractivity contribution is 0.181. The van der Waals surface area contributed by atoms with Gasteiger partial charge in [0.2, 0.25) is 0 Å². The molecule has 5 nitrogen and oxygen atoms in total. The third-order valence-corrected chi connectivity index (χ3v) is 4.66. The van der Waals surface area contributed by atoms with Crippen molar-refractivity contribution < 1.29 is 9.47 Å². The molecule has 0 bridgehead atoms. The molecular weight excluding hydrogens is 286 g/mol. The number of ether oxygens (including phenoxy) is 2. The van der Waals surface area contributed by atoms with Gasteiger partial charge in [0, 0.05) is 38.2 Å². The fourth-order valence-electron chi connectivity index (χ4n) is 2.27. The molecule has 1 fully saturated rings. The van der Waals surface area contributed by atoms with Gasteiger partial charge in [-0.3, -0.25) is 0 Å². The highest BCUT2D eigenvalue weighted by molar-refractivity contribution is 7.15. The van der Waals surface area contributed by atoms with Crippen LogP contribution in [0.4, 0.5) is 5.13 Å². The molecule has 21 heavy (non-hydrogen) atoms. The third kappa shape index (κ3) is 4.92. The first-order valence-corrected chi connectivity index (χ1v) is 8.55. The molecule has 0 aliphatic heterocycles. The lowest BCUT2D eigenvalue weighted by Gasteiger charge is -2.20. The zero-order valence-electron chi connectivity index (χ0n) is 13.4. The van der Waals surface area contributed by atoms with Gasteiger partial charge in [0.15, 0.2) is 5.13 Å². The van der Waals surface area contributed by atoms with Gasteiger partial charge in [-0.15, -0.1) is 11.3 Å². The van der Waals surface area contributed by atoms with E-state index in [1.54, 1.807) is 25.6 Å². The van der Waals surface area contributed by atoms with Crippen LogP contribution in [0, 0.1) is 0 Å². The minimum Gasteiger partial charge on any atom is -0.383 e. The van der Waals surface area contributed by atoms with Crippen LogP contribution in [0.25, 0.3) is 0 Å². The Morgan fingerprint density at radius 1 is 1.33 bits per heavy atom. The van der Waals surface area contributed by atoms with Crippen molar-refractivity contribution in [3.05, 3.63) is 10.6 Å². The van der Waals surface area contributed by atoms with Crippen LogP contribution in [0.5, 0.6) is 0 Å². The molecule has 1 aliphatic carbocycles. The summed E-state index contributed by atoms with van der Waals surface area (Å²) in [5.41, 5.74) is 1.07. The molecule has 2 rings (SSSR count). The maximum Gasteiger partial charge on any atom is 0.186 e. The average molecular weight is 313 g/mol. The third-order valence-electron chi connectivity index (χ3n) is 3.53. The quantitative estimate of drug-likeness (QED) is 0.636. The van der Waals surface area contributed by atoms with Gasteiger partial charge in [-0.05, 0) is 25.8 Å². The van der Waals surface area contributed by atoms with Crippen molar-refractivity contribution in [3.8, 4) is 0 Å². The number of methoxy groups -OCH3 is 2. The molecule has 0 saturated heterocycles. The van der Waals surface area contributed by atoms with Gasteiger partial charge in [0.25, 0.3) is 0 Å². The second kappa shape index (κ2) is 8.68. The lowest BCUT2D eigenvalue weighted by Crippen LogP contribution is -2.29. The van der Waals surface area contributed by atoms with E-state index in [4.69, 9.17) is 14.5 Å². The van der Waals surface area contributed by atoms with Crippen molar-refractivity contribution in [3.63, 3.8) is 0 Å². The van der Waals surface area contributed by atoms with E-state index in [1.807, 2.05) is 0 Å². The van der Waals surface area contributed by atoms with Gasteiger partial charge in [-0.1, -0.05) is 6.92 Å². The molecule has 1 saturated carbocycles. The van der Waals surface area contributed by atoms with Crippen molar-refractivity contribution in [2.24, 2.45) is 0 Å². The summed E-state index contributed by atoms with van der Waals surface area (Å²) in [5, 5.41) is 4.58. The zero-order valence-corrected chi connectivity index (χ0v) is 14.2. The van der Waals surface area contributed by atoms with Gasteiger partial charge >= 0.3 is 0 Å². The molecule has 1 heterocycles. The Kier molecular flexibility index (Phi) is 6.89. The van der Waals surface area contributed by atoms with E-state index in [1.165, 1.54) is 17.7 Å². The number of hydrogen-bond donors (Lipinski definition) is 1. The SMILES string of the molecule is CCCNCc1sc(N(CCOC)C2CC2)nc1COC. The van der Waals surface area contributed by atoms with Crippen LogP contribution >= 0.6 is 11.3 Å². The minimum absolute atomic E-state index is 0.586. The molecule has 0 aromatic carbocycles. The number of thiazole rings is 1. The zero-order chi connectivity index (χ0) is 15.1. The molecule has 1 N–H and O–H groups in total. The molecule has 0 atom stereocenters. The predicted octanol–water partition coefficient (Wildman–Crippen LogP) is 2.40. The molecule has 0 spiro atoms. The van der Waals surface area contributed by atoms with E-state index >= 15 is 0 Å². The van der Waals surface area contributed by atoms with Crippen molar-refractivity contribution in [2.45, 2.75) is 45.4 Å². The number of nitrogens with one attached hydrogen (secondary N) is 1. The summed E-state index contributed by atoms with van der Waals surface area (Å²) in [6.45, 7) is 6.36. The van der Waals surface area contributed by atoms with Crippen molar-refractivity contribution in [1.29, 1.82) is 0 Å².